The van der Waals surface area contributed by atoms with Gasteiger partial charge in [-0.3, -0.25) is 4.79 Å². The Labute approximate surface area is 214 Å². The van der Waals surface area contributed by atoms with Crippen molar-refractivity contribution >= 4 is 16.6 Å². The molecule has 4 heterocycles. The summed E-state index contributed by atoms with van der Waals surface area (Å²) in [6.07, 6.45) is 7.72. The zero-order chi connectivity index (χ0) is 24.8. The van der Waals surface area contributed by atoms with Crippen molar-refractivity contribution < 1.29 is 9.47 Å². The van der Waals surface area contributed by atoms with Crippen LogP contribution in [0.5, 0.6) is 11.5 Å². The summed E-state index contributed by atoms with van der Waals surface area (Å²) in [6, 6.07) is 14.1. The number of H-pyrrole nitrogens is 1. The zero-order valence-electron chi connectivity index (χ0n) is 20.7. The first kappa shape index (κ1) is 22.3. The Morgan fingerprint density at radius 3 is 2.65 bits per heavy atom. The van der Waals surface area contributed by atoms with Crippen LogP contribution in [0, 0.1) is 0 Å². The number of anilines is 1. The number of pyridine rings is 1. The maximum Gasteiger partial charge on any atom is 0.254 e. The summed E-state index contributed by atoms with van der Waals surface area (Å²) in [5.41, 5.74) is 3.64. The molecule has 0 bridgehead atoms. The van der Waals surface area contributed by atoms with Crippen molar-refractivity contribution in [3.8, 4) is 11.5 Å². The molecule has 9 heteroatoms. The normalized spacial score (nSPS) is 18.5. The molecule has 9 nitrogen and oxygen atoms in total. The average Bonchev–Trinajstić information content (AvgIpc) is 3.43. The number of ether oxygens (including phenoxy) is 2. The zero-order valence-corrected chi connectivity index (χ0v) is 20.7. The minimum atomic E-state index is -0.417. The molecule has 37 heavy (non-hydrogen) atoms. The largest absolute Gasteiger partial charge is 0.486 e. The van der Waals surface area contributed by atoms with Gasteiger partial charge < -0.3 is 19.4 Å². The molecular formula is C28H30N6O3. The second kappa shape index (κ2) is 9.21. The maximum atomic E-state index is 13.7. The van der Waals surface area contributed by atoms with Crippen molar-refractivity contribution in [1.29, 1.82) is 0 Å². The Kier molecular flexibility index (Phi) is 5.56. The number of nitrogens with zero attached hydrogens (tertiary/aromatic N) is 5. The molecule has 1 atom stereocenters. The van der Waals surface area contributed by atoms with E-state index in [1.807, 2.05) is 22.9 Å². The average molecular weight is 499 g/mol. The van der Waals surface area contributed by atoms with Crippen LogP contribution < -0.4 is 19.9 Å². The highest BCUT2D eigenvalue weighted by atomic mass is 16.6. The number of tetrazole rings is 1. The van der Waals surface area contributed by atoms with Crippen LogP contribution in [0.25, 0.3) is 10.9 Å². The molecule has 2 aromatic carbocycles. The molecular weight excluding hydrogens is 468 g/mol. The standard InChI is InChI=1S/C28H30N6O3/c35-28-21(15-19-16-24-25(17-22(19)29-28)37-14-13-36-24)26(33-12-6-8-18-7-4-5-11-23(18)33)27-30-31-32-34(27)20-9-2-1-3-10-20/h4-5,7,11,15-17,20,26H,1-3,6,8-10,12-14H2,(H,29,35). The first-order valence-electron chi connectivity index (χ1n) is 13.3. The minimum absolute atomic E-state index is 0.143. The van der Waals surface area contributed by atoms with E-state index in [-0.39, 0.29) is 11.6 Å². The number of aromatic amines is 1. The van der Waals surface area contributed by atoms with Gasteiger partial charge in [-0.15, -0.1) is 5.10 Å². The van der Waals surface area contributed by atoms with Crippen molar-refractivity contribution in [1.82, 2.24) is 25.2 Å². The van der Waals surface area contributed by atoms with Crippen LogP contribution in [0.1, 0.15) is 67.6 Å². The Bertz CT molecular complexity index is 1510. The highest BCUT2D eigenvalue weighted by Crippen LogP contribution is 2.40. The van der Waals surface area contributed by atoms with Crippen LogP contribution in [-0.2, 0) is 6.42 Å². The molecule has 1 aliphatic carbocycles. The number of aromatic nitrogens is 5. The van der Waals surface area contributed by atoms with Crippen LogP contribution >= 0.6 is 0 Å². The van der Waals surface area contributed by atoms with E-state index in [9.17, 15) is 4.79 Å². The second-order valence-electron chi connectivity index (χ2n) is 10.2. The van der Waals surface area contributed by atoms with Crippen LogP contribution in [0.3, 0.4) is 0 Å². The topological polar surface area (TPSA) is 98.2 Å². The first-order valence-corrected chi connectivity index (χ1v) is 13.3. The van der Waals surface area contributed by atoms with Crippen molar-refractivity contribution in [3.63, 3.8) is 0 Å². The summed E-state index contributed by atoms with van der Waals surface area (Å²) in [4.78, 5) is 19.2. The van der Waals surface area contributed by atoms with Gasteiger partial charge in [0, 0.05) is 29.2 Å². The third kappa shape index (κ3) is 3.93. The summed E-state index contributed by atoms with van der Waals surface area (Å²) in [5.74, 6) is 2.08. The van der Waals surface area contributed by atoms with Gasteiger partial charge in [-0.2, -0.15) is 0 Å². The third-order valence-corrected chi connectivity index (χ3v) is 7.97. The minimum Gasteiger partial charge on any atom is -0.486 e. The first-order chi connectivity index (χ1) is 18.3. The molecule has 190 valence electrons. The molecule has 7 rings (SSSR count). The summed E-state index contributed by atoms with van der Waals surface area (Å²) in [5, 5.41) is 14.1. The summed E-state index contributed by atoms with van der Waals surface area (Å²) in [7, 11) is 0. The molecule has 2 aliphatic heterocycles. The van der Waals surface area contributed by atoms with E-state index in [0.29, 0.717) is 30.3 Å². The predicted molar refractivity (Wildman–Crippen MR) is 139 cm³/mol. The van der Waals surface area contributed by atoms with Crippen LogP contribution in [0.4, 0.5) is 5.69 Å². The molecule has 4 aromatic rings. The number of aryl methyl sites for hydroxylation is 1. The molecule has 0 spiro atoms. The van der Waals surface area contributed by atoms with Gasteiger partial charge in [0.25, 0.3) is 5.56 Å². The molecule has 2 aromatic heterocycles. The van der Waals surface area contributed by atoms with Crippen molar-refractivity contribution in [2.45, 2.75) is 57.0 Å². The van der Waals surface area contributed by atoms with Gasteiger partial charge in [0.05, 0.1) is 11.6 Å². The second-order valence-corrected chi connectivity index (χ2v) is 10.2. The smallest absolute Gasteiger partial charge is 0.254 e. The summed E-state index contributed by atoms with van der Waals surface area (Å²) in [6.45, 7) is 1.83. The quantitative estimate of drug-likeness (QED) is 0.447. The lowest BCUT2D eigenvalue weighted by molar-refractivity contribution is 0.172. The number of rotatable bonds is 4. The number of benzene rings is 2. The monoisotopic (exact) mass is 498 g/mol. The highest BCUT2D eigenvalue weighted by Gasteiger charge is 2.35. The fourth-order valence-electron chi connectivity index (χ4n) is 6.21. The maximum absolute atomic E-state index is 13.7. The number of hydrogen-bond acceptors (Lipinski definition) is 7. The highest BCUT2D eigenvalue weighted by molar-refractivity contribution is 5.83. The van der Waals surface area contributed by atoms with Gasteiger partial charge in [0.2, 0.25) is 0 Å². The van der Waals surface area contributed by atoms with Gasteiger partial charge in [0.1, 0.15) is 19.3 Å². The SMILES string of the molecule is O=c1[nH]c2cc3c(cc2cc1C(c1nnnn1C1CCCCC1)N1CCCc2ccccc21)OCCO3. The number of nitrogens with one attached hydrogen (secondary N) is 1. The van der Waals surface area contributed by atoms with E-state index in [0.717, 1.165) is 54.6 Å². The van der Waals surface area contributed by atoms with Gasteiger partial charge >= 0.3 is 0 Å². The van der Waals surface area contributed by atoms with Crippen LogP contribution in [-0.4, -0.2) is 44.9 Å². The lowest BCUT2D eigenvalue weighted by Gasteiger charge is -2.38. The number of hydrogen-bond donors (Lipinski definition) is 1. The molecule has 3 aliphatic rings. The fraction of sp³-hybridized carbons (Fsp3) is 0.429. The van der Waals surface area contributed by atoms with E-state index in [1.165, 1.54) is 24.8 Å². The molecule has 1 saturated carbocycles. The van der Waals surface area contributed by atoms with Gasteiger partial charge in [0.15, 0.2) is 17.3 Å². The van der Waals surface area contributed by atoms with Gasteiger partial charge in [-0.25, -0.2) is 4.68 Å². The lowest BCUT2D eigenvalue weighted by atomic mass is 9.94. The summed E-state index contributed by atoms with van der Waals surface area (Å²) < 4.78 is 13.6. The predicted octanol–water partition coefficient (Wildman–Crippen LogP) is 4.33. The van der Waals surface area contributed by atoms with Crippen LogP contribution in [0.2, 0.25) is 0 Å². The Hall–Kier alpha value is -3.88. The number of para-hydroxylation sites is 1. The van der Waals surface area contributed by atoms with Crippen molar-refractivity contribution in [2.24, 2.45) is 0 Å². The number of fused-ring (bicyclic) bond motifs is 3. The van der Waals surface area contributed by atoms with Gasteiger partial charge in [-0.05, 0) is 59.9 Å². The molecule has 0 amide bonds. The third-order valence-electron chi connectivity index (χ3n) is 7.97. The lowest BCUT2D eigenvalue weighted by Crippen LogP contribution is -2.39. The van der Waals surface area contributed by atoms with E-state index in [4.69, 9.17) is 9.47 Å². The Balaban J connectivity index is 1.42. The van der Waals surface area contributed by atoms with E-state index >= 15 is 0 Å². The molecule has 1 unspecified atom stereocenters. The Morgan fingerprint density at radius 1 is 0.973 bits per heavy atom. The molecule has 0 radical (unpaired) electrons. The van der Waals surface area contributed by atoms with Gasteiger partial charge in [-0.1, -0.05) is 37.5 Å². The fourth-order valence-corrected chi connectivity index (χ4v) is 6.21. The Morgan fingerprint density at radius 2 is 1.78 bits per heavy atom. The van der Waals surface area contributed by atoms with Crippen LogP contribution in [0.15, 0.2) is 47.3 Å². The molecule has 1 N–H and O–H groups in total. The van der Waals surface area contributed by atoms with Crippen molar-refractivity contribution in [2.75, 3.05) is 24.7 Å². The molecule has 1 fully saturated rings. The van der Waals surface area contributed by atoms with E-state index < -0.39 is 6.04 Å². The van der Waals surface area contributed by atoms with Crippen molar-refractivity contribution in [3.05, 3.63) is 69.8 Å². The van der Waals surface area contributed by atoms with E-state index in [2.05, 4.69) is 49.7 Å². The van der Waals surface area contributed by atoms with E-state index in [1.54, 1.807) is 0 Å². The summed E-state index contributed by atoms with van der Waals surface area (Å²) >= 11 is 0. The molecule has 0 saturated heterocycles.